The Labute approximate surface area is 107 Å². The molecule has 0 fully saturated rings. The summed E-state index contributed by atoms with van der Waals surface area (Å²) in [5.74, 6) is 0. The third-order valence-electron chi connectivity index (χ3n) is 1.60. The second-order valence-electron chi connectivity index (χ2n) is 3.36. The first kappa shape index (κ1) is 26.7. The van der Waals surface area contributed by atoms with Crippen molar-refractivity contribution in [3.8, 4) is 0 Å². The van der Waals surface area contributed by atoms with Gasteiger partial charge in [-0.25, -0.2) is 0 Å². The maximum absolute atomic E-state index is 10.7. The molecule has 0 saturated carbocycles. The third kappa shape index (κ3) is 18.5. The molecular formula is C6H26N4O6P2. The summed E-state index contributed by atoms with van der Waals surface area (Å²) >= 11 is 0. The SMILES string of the molecule is CCCCN(CP(=O)(O)O)CP(=O)(O)O.N.N.N. The summed E-state index contributed by atoms with van der Waals surface area (Å²) in [5.41, 5.74) is 0. The summed E-state index contributed by atoms with van der Waals surface area (Å²) in [4.78, 5) is 35.9. The first-order valence-corrected chi connectivity index (χ1v) is 8.05. The van der Waals surface area contributed by atoms with E-state index in [4.69, 9.17) is 19.6 Å². The molecule has 0 aliphatic heterocycles. The van der Waals surface area contributed by atoms with Crippen molar-refractivity contribution in [1.82, 2.24) is 23.4 Å². The summed E-state index contributed by atoms with van der Waals surface area (Å²) in [5, 5.41) is 0. The van der Waals surface area contributed by atoms with E-state index in [2.05, 4.69) is 0 Å². The monoisotopic (exact) mass is 312 g/mol. The summed E-state index contributed by atoms with van der Waals surface area (Å²) < 4.78 is 21.4. The van der Waals surface area contributed by atoms with Crippen molar-refractivity contribution in [3.05, 3.63) is 0 Å². The van der Waals surface area contributed by atoms with E-state index in [-0.39, 0.29) is 25.0 Å². The van der Waals surface area contributed by atoms with Crippen LogP contribution in [0.25, 0.3) is 0 Å². The first-order chi connectivity index (χ1) is 6.64. The van der Waals surface area contributed by atoms with E-state index in [1.54, 1.807) is 0 Å². The molecule has 0 radical (unpaired) electrons. The van der Waals surface area contributed by atoms with Gasteiger partial charge in [-0.3, -0.25) is 14.0 Å². The molecule has 0 heterocycles. The van der Waals surface area contributed by atoms with Crippen molar-refractivity contribution < 1.29 is 28.7 Å². The van der Waals surface area contributed by atoms with Gasteiger partial charge < -0.3 is 38.0 Å². The van der Waals surface area contributed by atoms with Crippen LogP contribution in [-0.4, -0.2) is 43.6 Å². The zero-order valence-electron chi connectivity index (χ0n) is 10.6. The summed E-state index contributed by atoms with van der Waals surface area (Å²) in [7, 11) is -8.53. The molecule has 0 bridgehead atoms. The molecule has 0 aromatic rings. The molecule has 10 nitrogen and oxygen atoms in total. The van der Waals surface area contributed by atoms with Crippen molar-refractivity contribution in [2.24, 2.45) is 0 Å². The van der Waals surface area contributed by atoms with Gasteiger partial charge in [0.1, 0.15) is 12.6 Å². The van der Waals surface area contributed by atoms with E-state index in [1.807, 2.05) is 6.92 Å². The van der Waals surface area contributed by atoms with Crippen LogP contribution in [0.2, 0.25) is 0 Å². The Morgan fingerprint density at radius 3 is 1.44 bits per heavy atom. The number of hydrogen-bond donors (Lipinski definition) is 7. The first-order valence-electron chi connectivity index (χ1n) is 4.45. The van der Waals surface area contributed by atoms with E-state index in [0.717, 1.165) is 11.3 Å². The normalized spacial score (nSPS) is 11.2. The van der Waals surface area contributed by atoms with Gasteiger partial charge in [0.25, 0.3) is 0 Å². The molecule has 18 heavy (non-hydrogen) atoms. The largest absolute Gasteiger partial charge is 0.344 e. The predicted octanol–water partition coefficient (Wildman–Crippen LogP) is 0.845. The second-order valence-corrected chi connectivity index (χ2v) is 6.58. The van der Waals surface area contributed by atoms with Crippen molar-refractivity contribution in [2.75, 3.05) is 19.1 Å². The molecule has 0 aliphatic carbocycles. The highest BCUT2D eigenvalue weighted by atomic mass is 31.2. The summed E-state index contributed by atoms with van der Waals surface area (Å²) in [6, 6.07) is 0. The smallest absolute Gasteiger partial charge is 0.339 e. The van der Waals surface area contributed by atoms with Crippen LogP contribution in [0, 0.1) is 0 Å². The minimum absolute atomic E-state index is 0. The Bertz CT molecular complexity index is 255. The van der Waals surface area contributed by atoms with Gasteiger partial charge in [0.2, 0.25) is 0 Å². The van der Waals surface area contributed by atoms with Crippen molar-refractivity contribution in [2.45, 2.75) is 19.8 Å². The lowest BCUT2D eigenvalue weighted by atomic mass is 10.3. The molecule has 0 aliphatic rings. The summed E-state index contributed by atoms with van der Waals surface area (Å²) in [6.07, 6.45) is 0.203. The van der Waals surface area contributed by atoms with Crippen LogP contribution in [0.4, 0.5) is 0 Å². The maximum atomic E-state index is 10.7. The molecule has 0 atom stereocenters. The Morgan fingerprint density at radius 2 is 1.22 bits per heavy atom. The lowest BCUT2D eigenvalue weighted by Gasteiger charge is -2.22. The fourth-order valence-electron chi connectivity index (χ4n) is 1.09. The van der Waals surface area contributed by atoms with E-state index in [0.29, 0.717) is 6.42 Å². The quantitative estimate of drug-likeness (QED) is 0.328. The molecule has 13 N–H and O–H groups in total. The van der Waals surface area contributed by atoms with Gasteiger partial charge in [0.15, 0.2) is 0 Å². The molecule has 0 unspecified atom stereocenters. The van der Waals surface area contributed by atoms with Crippen LogP contribution in [-0.2, 0) is 9.13 Å². The number of hydrogen-bond acceptors (Lipinski definition) is 6. The molecule has 0 saturated heterocycles. The van der Waals surface area contributed by atoms with Crippen molar-refractivity contribution in [3.63, 3.8) is 0 Å². The highest BCUT2D eigenvalue weighted by Gasteiger charge is 2.24. The van der Waals surface area contributed by atoms with Crippen molar-refractivity contribution in [1.29, 1.82) is 0 Å². The average Bonchev–Trinajstić information content (AvgIpc) is 1.94. The van der Waals surface area contributed by atoms with Crippen LogP contribution in [0.3, 0.4) is 0 Å². The van der Waals surface area contributed by atoms with Crippen LogP contribution < -0.4 is 18.5 Å². The standard InChI is InChI=1S/C6H17NO6P2.3H3N/c1-2-3-4-7(5-14(8,9)10)6-15(11,12)13;;;/h2-6H2,1H3,(H2,8,9,10)(H2,11,12,13);3*1H3. The van der Waals surface area contributed by atoms with E-state index in [1.165, 1.54) is 0 Å². The molecular weight excluding hydrogens is 286 g/mol. The van der Waals surface area contributed by atoms with E-state index >= 15 is 0 Å². The minimum atomic E-state index is -4.27. The van der Waals surface area contributed by atoms with Gasteiger partial charge in [-0.05, 0) is 13.0 Å². The van der Waals surface area contributed by atoms with Gasteiger partial charge in [0.05, 0.1) is 0 Å². The predicted molar refractivity (Wildman–Crippen MR) is 70.5 cm³/mol. The Morgan fingerprint density at radius 1 is 0.889 bits per heavy atom. The lowest BCUT2D eigenvalue weighted by molar-refractivity contribution is 0.275. The maximum Gasteiger partial charge on any atom is 0.339 e. The molecule has 0 amide bonds. The molecule has 0 aromatic carbocycles. The summed E-state index contributed by atoms with van der Waals surface area (Å²) in [6.45, 7) is 2.15. The average molecular weight is 312 g/mol. The van der Waals surface area contributed by atoms with E-state index < -0.39 is 27.8 Å². The van der Waals surface area contributed by atoms with E-state index in [9.17, 15) is 9.13 Å². The third-order valence-corrected chi connectivity index (χ3v) is 3.13. The number of unbranched alkanes of at least 4 members (excludes halogenated alkanes) is 1. The lowest BCUT2D eigenvalue weighted by Crippen LogP contribution is -2.27. The minimum Gasteiger partial charge on any atom is -0.344 e. The fraction of sp³-hybridized carbons (Fsp3) is 1.00. The Kier molecular flexibility index (Phi) is 16.3. The Hall–Kier alpha value is 0.140. The molecule has 116 valence electrons. The zero-order valence-corrected chi connectivity index (χ0v) is 12.4. The van der Waals surface area contributed by atoms with Gasteiger partial charge >= 0.3 is 15.2 Å². The van der Waals surface area contributed by atoms with Crippen LogP contribution in [0.15, 0.2) is 0 Å². The molecule has 0 rings (SSSR count). The molecule has 12 heteroatoms. The Balaban J connectivity index is -0.000000327. The highest BCUT2D eigenvalue weighted by molar-refractivity contribution is 7.52. The van der Waals surface area contributed by atoms with Crippen LogP contribution in [0.1, 0.15) is 19.8 Å². The van der Waals surface area contributed by atoms with Gasteiger partial charge in [0, 0.05) is 0 Å². The van der Waals surface area contributed by atoms with Crippen molar-refractivity contribution >= 4 is 15.2 Å². The second kappa shape index (κ2) is 11.0. The molecule has 0 aromatic heterocycles. The fourth-order valence-corrected chi connectivity index (χ4v) is 2.77. The van der Waals surface area contributed by atoms with Crippen LogP contribution in [0.5, 0.6) is 0 Å². The topological polar surface area (TPSA) is 223 Å². The van der Waals surface area contributed by atoms with Gasteiger partial charge in [-0.15, -0.1) is 0 Å². The van der Waals surface area contributed by atoms with Gasteiger partial charge in [-0.1, -0.05) is 13.3 Å². The molecule has 0 spiro atoms. The zero-order chi connectivity index (χ0) is 12.1. The van der Waals surface area contributed by atoms with Gasteiger partial charge in [-0.2, -0.15) is 0 Å². The number of nitrogens with zero attached hydrogens (tertiary/aromatic N) is 1. The van der Waals surface area contributed by atoms with Crippen LogP contribution >= 0.6 is 15.2 Å². The number of rotatable bonds is 7. The highest BCUT2D eigenvalue weighted by Crippen LogP contribution is 2.40.